The van der Waals surface area contributed by atoms with E-state index in [1.807, 2.05) is 44.2 Å². The number of nitrogens with one attached hydrogen (secondary N) is 2. The van der Waals surface area contributed by atoms with Crippen LogP contribution in [-0.4, -0.2) is 62.8 Å². The zero-order valence-electron chi connectivity index (χ0n) is 17.1. The van der Waals surface area contributed by atoms with Crippen molar-refractivity contribution in [3.05, 3.63) is 35.2 Å². The molecule has 0 saturated heterocycles. The van der Waals surface area contributed by atoms with E-state index in [0.29, 0.717) is 38.6 Å². The molecule has 0 aliphatic rings. The molecule has 1 aromatic carbocycles. The molecule has 164 valence electrons. The second-order valence-corrected chi connectivity index (χ2v) is 9.55. The van der Waals surface area contributed by atoms with Crippen molar-refractivity contribution >= 4 is 61.4 Å². The maximum atomic E-state index is 11.6. The summed E-state index contributed by atoms with van der Waals surface area (Å²) >= 11 is 1.58. The molecule has 0 aliphatic carbocycles. The summed E-state index contributed by atoms with van der Waals surface area (Å²) in [7, 11) is -3.16. The number of sulfonamides is 1. The molecule has 29 heavy (non-hydrogen) atoms. The number of aliphatic hydroxyl groups excluding tert-OH is 1. The first-order valence-electron chi connectivity index (χ1n) is 9.49. The van der Waals surface area contributed by atoms with E-state index in [4.69, 9.17) is 0 Å². The van der Waals surface area contributed by atoms with Crippen LogP contribution in [0.15, 0.2) is 35.3 Å². The maximum absolute atomic E-state index is 11.6. The average Bonchev–Trinajstić information content (AvgIpc) is 3.09. The van der Waals surface area contributed by atoms with E-state index in [0.717, 1.165) is 15.0 Å². The Morgan fingerprint density at radius 2 is 2.00 bits per heavy atom. The lowest BCUT2D eigenvalue weighted by molar-refractivity contribution is 0.191. The number of hydrogen-bond donors (Lipinski definition) is 3. The van der Waals surface area contributed by atoms with Gasteiger partial charge in [-0.25, -0.2) is 12.7 Å². The van der Waals surface area contributed by atoms with Crippen molar-refractivity contribution < 1.29 is 13.5 Å². The number of rotatable bonds is 10. The zero-order valence-corrected chi connectivity index (χ0v) is 21.1. The molecule has 3 N–H and O–H groups in total. The Morgan fingerprint density at radius 3 is 2.62 bits per heavy atom. The average molecular weight is 555 g/mol. The standard InChI is InChI=1S/C19H30N4O3S2.HI/c1-4-20-19(21-11-8-12-23(5-2)28(3,25)26)22-14-16(24)18-13-15-9-6-7-10-17(15)27-18;/h6-7,9-10,13,16,24H,4-5,8,11-12,14H2,1-3H3,(H2,20,21,22);1H. The molecule has 2 aromatic rings. The van der Waals surface area contributed by atoms with E-state index >= 15 is 0 Å². The second-order valence-electron chi connectivity index (χ2n) is 6.46. The van der Waals surface area contributed by atoms with Gasteiger partial charge in [0.2, 0.25) is 10.0 Å². The summed E-state index contributed by atoms with van der Waals surface area (Å²) in [5.41, 5.74) is 0. The van der Waals surface area contributed by atoms with Gasteiger partial charge in [0.25, 0.3) is 0 Å². The predicted molar refractivity (Wildman–Crippen MR) is 133 cm³/mol. The maximum Gasteiger partial charge on any atom is 0.211 e. The number of thiophene rings is 1. The largest absolute Gasteiger partial charge is 0.386 e. The van der Waals surface area contributed by atoms with Crippen molar-refractivity contribution in [3.63, 3.8) is 0 Å². The van der Waals surface area contributed by atoms with Gasteiger partial charge in [-0.2, -0.15) is 0 Å². The van der Waals surface area contributed by atoms with Crippen LogP contribution in [-0.2, 0) is 10.0 Å². The lowest BCUT2D eigenvalue weighted by Gasteiger charge is -2.18. The Labute approximate surface area is 194 Å². The monoisotopic (exact) mass is 554 g/mol. The highest BCUT2D eigenvalue weighted by atomic mass is 127. The van der Waals surface area contributed by atoms with Gasteiger partial charge in [-0.3, -0.25) is 4.99 Å². The van der Waals surface area contributed by atoms with Gasteiger partial charge in [-0.15, -0.1) is 35.3 Å². The molecule has 0 bridgehead atoms. The summed E-state index contributed by atoms with van der Waals surface area (Å²) in [4.78, 5) is 5.36. The lowest BCUT2D eigenvalue weighted by Crippen LogP contribution is -2.39. The minimum absolute atomic E-state index is 0. The highest BCUT2D eigenvalue weighted by Gasteiger charge is 2.14. The van der Waals surface area contributed by atoms with Gasteiger partial charge in [-0.1, -0.05) is 25.1 Å². The number of hydrogen-bond acceptors (Lipinski definition) is 5. The van der Waals surface area contributed by atoms with Gasteiger partial charge in [-0.05, 0) is 30.9 Å². The van der Waals surface area contributed by atoms with E-state index < -0.39 is 16.1 Å². The summed E-state index contributed by atoms with van der Waals surface area (Å²) in [5, 5.41) is 17.9. The molecule has 0 amide bonds. The van der Waals surface area contributed by atoms with Gasteiger partial charge in [0.05, 0.1) is 12.8 Å². The minimum atomic E-state index is -3.16. The molecule has 0 saturated carbocycles. The van der Waals surface area contributed by atoms with Crippen molar-refractivity contribution in [1.82, 2.24) is 14.9 Å². The quantitative estimate of drug-likeness (QED) is 0.182. The van der Waals surface area contributed by atoms with E-state index in [-0.39, 0.29) is 30.5 Å². The summed E-state index contributed by atoms with van der Waals surface area (Å²) < 4.78 is 25.8. The van der Waals surface area contributed by atoms with Gasteiger partial charge in [0, 0.05) is 35.8 Å². The first-order valence-corrected chi connectivity index (χ1v) is 12.2. The van der Waals surface area contributed by atoms with Crippen LogP contribution in [0.4, 0.5) is 0 Å². The fraction of sp³-hybridized carbons (Fsp3) is 0.526. The fourth-order valence-corrected chi connectivity index (χ4v) is 4.77. The molecule has 0 fully saturated rings. The van der Waals surface area contributed by atoms with Gasteiger partial charge >= 0.3 is 0 Å². The normalized spacial score (nSPS) is 13.3. The van der Waals surface area contributed by atoms with Crippen LogP contribution in [0.3, 0.4) is 0 Å². The number of fused-ring (bicyclic) bond motifs is 1. The van der Waals surface area contributed by atoms with Gasteiger partial charge < -0.3 is 15.7 Å². The van der Waals surface area contributed by atoms with Crippen LogP contribution in [0.2, 0.25) is 0 Å². The molecule has 2 rings (SSSR count). The number of nitrogens with zero attached hydrogens (tertiary/aromatic N) is 2. The van der Waals surface area contributed by atoms with Crippen molar-refractivity contribution in [1.29, 1.82) is 0 Å². The fourth-order valence-electron chi connectivity index (χ4n) is 2.80. The number of aliphatic hydroxyl groups is 1. The summed E-state index contributed by atoms with van der Waals surface area (Å²) in [6.45, 7) is 6.29. The molecule has 1 atom stereocenters. The first kappa shape index (κ1) is 26.1. The third-order valence-corrected chi connectivity index (χ3v) is 6.83. The third kappa shape index (κ3) is 8.36. The molecule has 0 spiro atoms. The van der Waals surface area contributed by atoms with Crippen molar-refractivity contribution in [3.8, 4) is 0 Å². The first-order chi connectivity index (χ1) is 13.3. The summed E-state index contributed by atoms with van der Waals surface area (Å²) in [5.74, 6) is 0.616. The van der Waals surface area contributed by atoms with Crippen molar-refractivity contribution in [2.75, 3.05) is 39.0 Å². The highest BCUT2D eigenvalue weighted by Crippen LogP contribution is 2.29. The van der Waals surface area contributed by atoms with E-state index in [1.165, 1.54) is 10.6 Å². The Balaban J connectivity index is 0.00000420. The summed E-state index contributed by atoms with van der Waals surface area (Å²) in [6.07, 6.45) is 1.24. The predicted octanol–water partition coefficient (Wildman–Crippen LogP) is 2.78. The van der Waals surface area contributed by atoms with Crippen LogP contribution in [0.5, 0.6) is 0 Å². The lowest BCUT2D eigenvalue weighted by atomic mass is 10.2. The van der Waals surface area contributed by atoms with Crippen LogP contribution in [0, 0.1) is 0 Å². The molecular weight excluding hydrogens is 523 g/mol. The number of guanidine groups is 1. The zero-order chi connectivity index (χ0) is 20.6. The molecule has 1 unspecified atom stereocenters. The summed E-state index contributed by atoms with van der Waals surface area (Å²) in [6, 6.07) is 10.1. The van der Waals surface area contributed by atoms with Crippen molar-refractivity contribution in [2.45, 2.75) is 26.4 Å². The number of benzene rings is 1. The smallest absolute Gasteiger partial charge is 0.211 e. The minimum Gasteiger partial charge on any atom is -0.386 e. The van der Waals surface area contributed by atoms with Crippen LogP contribution >= 0.6 is 35.3 Å². The molecule has 0 aliphatic heterocycles. The number of halogens is 1. The van der Waals surface area contributed by atoms with E-state index in [1.54, 1.807) is 11.3 Å². The van der Waals surface area contributed by atoms with Gasteiger partial charge in [0.15, 0.2) is 5.96 Å². The van der Waals surface area contributed by atoms with E-state index in [2.05, 4.69) is 15.6 Å². The molecule has 0 radical (unpaired) electrons. The Kier molecular flexibility index (Phi) is 11.4. The molecule has 10 heteroatoms. The molecule has 1 heterocycles. The SMILES string of the molecule is CCNC(=NCC(O)c1cc2ccccc2s1)NCCCN(CC)S(C)(=O)=O.I. The van der Waals surface area contributed by atoms with Crippen LogP contribution < -0.4 is 10.6 Å². The Morgan fingerprint density at radius 1 is 1.28 bits per heavy atom. The number of aliphatic imine (C=N–C) groups is 1. The van der Waals surface area contributed by atoms with Crippen LogP contribution in [0.1, 0.15) is 31.2 Å². The third-order valence-electron chi connectivity index (χ3n) is 4.24. The molecule has 1 aromatic heterocycles. The van der Waals surface area contributed by atoms with E-state index in [9.17, 15) is 13.5 Å². The molecule has 7 nitrogen and oxygen atoms in total. The topological polar surface area (TPSA) is 94.0 Å². The van der Waals surface area contributed by atoms with Gasteiger partial charge in [0.1, 0.15) is 6.10 Å². The second kappa shape index (κ2) is 12.7. The molecular formula is C19H31IN4O3S2. The highest BCUT2D eigenvalue weighted by molar-refractivity contribution is 14.0. The Hall–Kier alpha value is -0.950. The van der Waals surface area contributed by atoms with Crippen LogP contribution in [0.25, 0.3) is 10.1 Å². The Bertz CT molecular complexity index is 853. The van der Waals surface area contributed by atoms with Crippen molar-refractivity contribution in [2.24, 2.45) is 4.99 Å².